The number of halogens is 3. The highest BCUT2D eigenvalue weighted by molar-refractivity contribution is 5.81. The molecule has 3 atom stereocenters. The number of amides is 1. The number of hydrogen-bond donors (Lipinski definition) is 4. The smallest absolute Gasteiger partial charge is 0.394 e. The third-order valence-electron chi connectivity index (χ3n) is 3.49. The normalized spacial score (nSPS) is 22.6. The largest absolute Gasteiger partial charge is 0.471 e. The summed E-state index contributed by atoms with van der Waals surface area (Å²) in [6, 6.07) is 0. The van der Waals surface area contributed by atoms with Crippen molar-refractivity contribution in [1.82, 2.24) is 14.9 Å². The number of nitrogens with zero attached hydrogens (tertiary/aromatic N) is 2. The quantitative estimate of drug-likeness (QED) is 0.471. The summed E-state index contributed by atoms with van der Waals surface area (Å²) in [5, 5.41) is 20.4. The summed E-state index contributed by atoms with van der Waals surface area (Å²) in [7, 11) is 0. The van der Waals surface area contributed by atoms with Gasteiger partial charge in [-0.2, -0.15) is 18.2 Å². The Bertz CT molecular complexity index is 798. The fourth-order valence-corrected chi connectivity index (χ4v) is 2.20. The monoisotopic (exact) mass is 376 g/mol. The van der Waals surface area contributed by atoms with Crippen LogP contribution in [0.4, 0.5) is 19.0 Å². The van der Waals surface area contributed by atoms with Crippen molar-refractivity contribution < 1.29 is 32.9 Å². The number of aliphatic hydroxyl groups excluding tert-OH is 2. The van der Waals surface area contributed by atoms with Gasteiger partial charge < -0.3 is 26.0 Å². The number of aromatic nitrogens is 2. The van der Waals surface area contributed by atoms with E-state index in [4.69, 9.17) is 15.6 Å². The Balaban J connectivity index is 2.15. The van der Waals surface area contributed by atoms with Gasteiger partial charge in [0.15, 0.2) is 0 Å². The fourth-order valence-electron chi connectivity index (χ4n) is 2.20. The Morgan fingerprint density at radius 2 is 2.23 bits per heavy atom. The van der Waals surface area contributed by atoms with Crippen LogP contribution < -0.4 is 16.7 Å². The van der Waals surface area contributed by atoms with Crippen LogP contribution in [0.5, 0.6) is 0 Å². The van der Waals surface area contributed by atoms with Crippen LogP contribution in [0.25, 0.3) is 0 Å². The predicted octanol–water partition coefficient (Wildman–Crippen LogP) is -1.50. The molecule has 142 valence electrons. The Morgan fingerprint density at radius 1 is 1.54 bits per heavy atom. The van der Waals surface area contributed by atoms with Gasteiger partial charge in [-0.1, -0.05) is 11.8 Å². The van der Waals surface area contributed by atoms with Crippen molar-refractivity contribution in [2.45, 2.75) is 31.0 Å². The molecular weight excluding hydrogens is 361 g/mol. The van der Waals surface area contributed by atoms with E-state index in [0.29, 0.717) is 0 Å². The molecular formula is C14H15F3N4O5. The van der Waals surface area contributed by atoms with Crippen LogP contribution in [-0.2, 0) is 9.53 Å². The van der Waals surface area contributed by atoms with Crippen molar-refractivity contribution >= 4 is 11.7 Å². The van der Waals surface area contributed by atoms with E-state index >= 15 is 0 Å². The second kappa shape index (κ2) is 7.73. The zero-order valence-corrected chi connectivity index (χ0v) is 13.2. The Kier molecular flexibility index (Phi) is 5.86. The average molecular weight is 376 g/mol. The highest BCUT2D eigenvalue weighted by Gasteiger charge is 2.38. The van der Waals surface area contributed by atoms with Crippen LogP contribution in [0.3, 0.4) is 0 Å². The molecule has 0 aliphatic carbocycles. The Labute approximate surface area is 144 Å². The first-order valence-electron chi connectivity index (χ1n) is 7.30. The summed E-state index contributed by atoms with van der Waals surface area (Å²) >= 11 is 0. The van der Waals surface area contributed by atoms with E-state index in [9.17, 15) is 27.9 Å². The standard InChI is InChI=1S/C14H15F3N4O5/c15-14(16,17)12(24)19-3-1-2-7-5-21(13(25)20-11(7)18)10-4-8(23)9(6-22)26-10/h5,8-10,22-23H,3-4,6H2,(H,19,24)(H2,18,20,25)/t8?,9-,10-/m1/s1. The zero-order valence-electron chi connectivity index (χ0n) is 13.2. The number of alkyl halides is 3. The van der Waals surface area contributed by atoms with Gasteiger partial charge in [0.05, 0.1) is 24.8 Å². The van der Waals surface area contributed by atoms with Gasteiger partial charge in [0.25, 0.3) is 0 Å². The fraction of sp³-hybridized carbons (Fsp3) is 0.500. The molecule has 0 saturated carbocycles. The number of nitrogens with two attached hydrogens (primary N) is 1. The lowest BCUT2D eigenvalue weighted by Crippen LogP contribution is -2.36. The summed E-state index contributed by atoms with van der Waals surface area (Å²) in [6.45, 7) is -1.04. The van der Waals surface area contributed by atoms with E-state index in [-0.39, 0.29) is 17.8 Å². The van der Waals surface area contributed by atoms with Crippen LogP contribution in [0.2, 0.25) is 0 Å². The van der Waals surface area contributed by atoms with Crippen molar-refractivity contribution in [3.63, 3.8) is 0 Å². The lowest BCUT2D eigenvalue weighted by Gasteiger charge is -2.15. The number of carbonyl (C=O) groups excluding carboxylic acids is 1. The summed E-state index contributed by atoms with van der Waals surface area (Å²) in [4.78, 5) is 26.1. The highest BCUT2D eigenvalue weighted by Crippen LogP contribution is 2.27. The highest BCUT2D eigenvalue weighted by atomic mass is 19.4. The molecule has 0 spiro atoms. The molecule has 1 fully saturated rings. The molecule has 1 saturated heterocycles. The van der Waals surface area contributed by atoms with Crippen molar-refractivity contribution in [1.29, 1.82) is 0 Å². The van der Waals surface area contributed by atoms with E-state index in [0.717, 1.165) is 4.57 Å². The number of hydrogen-bond acceptors (Lipinski definition) is 7. The van der Waals surface area contributed by atoms with Gasteiger partial charge in [0.2, 0.25) is 0 Å². The third kappa shape index (κ3) is 4.51. The first-order valence-corrected chi connectivity index (χ1v) is 7.30. The van der Waals surface area contributed by atoms with Crippen molar-refractivity contribution in [3.05, 3.63) is 22.2 Å². The molecule has 1 unspecified atom stereocenters. The SMILES string of the molecule is Nc1nc(=O)n([C@H]2CC(O)[C@@H](CO)O2)cc1C#CCNC(=O)C(F)(F)F. The van der Waals surface area contributed by atoms with E-state index in [1.54, 1.807) is 5.32 Å². The maximum absolute atomic E-state index is 12.0. The molecule has 26 heavy (non-hydrogen) atoms. The van der Waals surface area contributed by atoms with Gasteiger partial charge in [-0.25, -0.2) is 4.79 Å². The van der Waals surface area contributed by atoms with Gasteiger partial charge in [-0.15, -0.1) is 0 Å². The summed E-state index contributed by atoms with van der Waals surface area (Å²) < 4.78 is 42.5. The second-order valence-corrected chi connectivity index (χ2v) is 5.33. The van der Waals surface area contributed by atoms with E-state index in [2.05, 4.69) is 16.8 Å². The molecule has 1 aromatic rings. The minimum atomic E-state index is -5.01. The molecule has 0 bridgehead atoms. The van der Waals surface area contributed by atoms with E-state index in [1.807, 2.05) is 0 Å². The second-order valence-electron chi connectivity index (χ2n) is 5.33. The average Bonchev–Trinajstić information content (AvgIpc) is 2.92. The molecule has 1 aromatic heterocycles. The number of nitrogen functional groups attached to an aromatic ring is 1. The van der Waals surface area contributed by atoms with Gasteiger partial charge in [-0.3, -0.25) is 9.36 Å². The van der Waals surface area contributed by atoms with Gasteiger partial charge >= 0.3 is 17.8 Å². The van der Waals surface area contributed by atoms with Crippen LogP contribution in [-0.4, -0.2) is 57.2 Å². The summed E-state index contributed by atoms with van der Waals surface area (Å²) in [6.07, 6.45) is -6.57. The third-order valence-corrected chi connectivity index (χ3v) is 3.49. The van der Waals surface area contributed by atoms with Crippen molar-refractivity contribution in [3.8, 4) is 11.8 Å². The Morgan fingerprint density at radius 3 is 2.81 bits per heavy atom. The first-order chi connectivity index (χ1) is 12.1. The first kappa shape index (κ1) is 19.7. The molecule has 0 aromatic carbocycles. The minimum absolute atomic E-state index is 0.0191. The Hall–Kier alpha value is -2.62. The number of anilines is 1. The van der Waals surface area contributed by atoms with Gasteiger partial charge in [-0.05, 0) is 0 Å². The van der Waals surface area contributed by atoms with Crippen molar-refractivity contribution in [2.24, 2.45) is 0 Å². The molecule has 2 heterocycles. The number of ether oxygens (including phenoxy) is 1. The molecule has 9 nitrogen and oxygen atoms in total. The van der Waals surface area contributed by atoms with Crippen LogP contribution >= 0.6 is 0 Å². The molecule has 5 N–H and O–H groups in total. The maximum Gasteiger partial charge on any atom is 0.471 e. The summed E-state index contributed by atoms with van der Waals surface area (Å²) in [5.74, 6) is 2.28. The van der Waals surface area contributed by atoms with E-state index in [1.165, 1.54) is 6.20 Å². The summed E-state index contributed by atoms with van der Waals surface area (Å²) in [5.41, 5.74) is 4.80. The van der Waals surface area contributed by atoms with Gasteiger partial charge in [0.1, 0.15) is 18.1 Å². The van der Waals surface area contributed by atoms with Crippen LogP contribution in [0, 0.1) is 11.8 Å². The number of aliphatic hydroxyl groups is 2. The lowest BCUT2D eigenvalue weighted by molar-refractivity contribution is -0.173. The molecule has 0 radical (unpaired) electrons. The van der Waals surface area contributed by atoms with Crippen LogP contribution in [0.1, 0.15) is 18.2 Å². The van der Waals surface area contributed by atoms with Crippen LogP contribution in [0.15, 0.2) is 11.0 Å². The molecule has 1 amide bonds. The van der Waals surface area contributed by atoms with Gasteiger partial charge in [0, 0.05) is 12.6 Å². The lowest BCUT2D eigenvalue weighted by atomic mass is 10.2. The van der Waals surface area contributed by atoms with Crippen molar-refractivity contribution in [2.75, 3.05) is 18.9 Å². The molecule has 1 aliphatic rings. The number of rotatable bonds is 3. The maximum atomic E-state index is 12.0. The molecule has 12 heteroatoms. The number of carbonyl (C=O) groups is 1. The number of nitrogens with one attached hydrogen (secondary N) is 1. The minimum Gasteiger partial charge on any atom is -0.394 e. The zero-order chi connectivity index (χ0) is 19.5. The molecule has 1 aliphatic heterocycles. The molecule has 2 rings (SSSR count). The van der Waals surface area contributed by atoms with E-state index < -0.39 is 49.4 Å². The topological polar surface area (TPSA) is 140 Å². The predicted molar refractivity (Wildman–Crippen MR) is 80.5 cm³/mol.